The molecule has 0 fully saturated rings. The van der Waals surface area contributed by atoms with Gasteiger partial charge in [0.1, 0.15) is 23.5 Å². The first-order valence-corrected chi connectivity index (χ1v) is 7.12. The third-order valence-corrected chi connectivity index (χ3v) is 3.37. The lowest BCUT2D eigenvalue weighted by atomic mass is 10.2. The number of hydrogen-bond acceptors (Lipinski definition) is 2. The van der Waals surface area contributed by atoms with Gasteiger partial charge in [-0.05, 0) is 36.4 Å². The number of H-pyrrole nitrogens is 1. The molecule has 0 aliphatic carbocycles. The molecule has 3 N–H and O–H groups in total. The average Bonchev–Trinajstić information content (AvgIpc) is 2.96. The summed E-state index contributed by atoms with van der Waals surface area (Å²) >= 11 is 5.91. The van der Waals surface area contributed by atoms with Gasteiger partial charge in [-0.25, -0.2) is 9.38 Å². The van der Waals surface area contributed by atoms with E-state index < -0.39 is 5.82 Å². The number of carbonyl (C=O) groups excluding carboxylic acids is 1. The summed E-state index contributed by atoms with van der Waals surface area (Å²) in [5.74, 6) is -0.818. The Labute approximate surface area is 148 Å². The quantitative estimate of drug-likeness (QED) is 0.371. The van der Waals surface area contributed by atoms with Crippen molar-refractivity contribution in [3.8, 4) is 0 Å². The predicted molar refractivity (Wildman–Crippen MR) is 95.7 cm³/mol. The first-order chi connectivity index (χ1) is 11.1. The minimum absolute atomic E-state index is 0. The molecule has 0 saturated carbocycles. The number of halogens is 3. The van der Waals surface area contributed by atoms with Crippen LogP contribution in [0.15, 0.2) is 53.5 Å². The lowest BCUT2D eigenvalue weighted by Gasteiger charge is -2.02. The van der Waals surface area contributed by atoms with E-state index in [2.05, 4.69) is 20.8 Å². The van der Waals surface area contributed by atoms with E-state index >= 15 is 0 Å². The van der Waals surface area contributed by atoms with Crippen LogP contribution in [0.2, 0.25) is 5.02 Å². The summed E-state index contributed by atoms with van der Waals surface area (Å²) in [6.45, 7) is 0. The number of aromatic nitrogens is 1. The van der Waals surface area contributed by atoms with Gasteiger partial charge < -0.3 is 4.98 Å². The average molecular weight is 367 g/mol. The third kappa shape index (κ3) is 4.04. The monoisotopic (exact) mass is 366 g/mol. The number of rotatable bonds is 4. The molecule has 3 rings (SSSR count). The number of hydrogen-bond donors (Lipinski definition) is 3. The van der Waals surface area contributed by atoms with E-state index in [9.17, 15) is 9.18 Å². The van der Waals surface area contributed by atoms with Gasteiger partial charge in [0, 0.05) is 15.9 Å². The number of amides is 1. The number of nitrogens with zero attached hydrogens (tertiary/aromatic N) is 1. The summed E-state index contributed by atoms with van der Waals surface area (Å²) < 4.78 is 13.3. The van der Waals surface area contributed by atoms with Gasteiger partial charge in [-0.1, -0.05) is 23.7 Å². The summed E-state index contributed by atoms with van der Waals surface area (Å²) in [6, 6.07) is 13.1. The van der Waals surface area contributed by atoms with Gasteiger partial charge in [0.15, 0.2) is 0 Å². The van der Waals surface area contributed by atoms with Crippen molar-refractivity contribution in [1.82, 2.24) is 15.8 Å². The van der Waals surface area contributed by atoms with Crippen molar-refractivity contribution in [3.63, 3.8) is 0 Å². The Morgan fingerprint density at radius 1 is 1.21 bits per heavy atom. The Morgan fingerprint density at radius 3 is 2.79 bits per heavy atom. The second-order valence-electron chi connectivity index (χ2n) is 4.72. The standard InChI is InChI=1S/C16H12ClFN4O.ClH/c17-11-5-6-13-10(7-11)8-15(21-13)16(23)22-20-9-19-14-4-2-1-3-12(14)18;/h1-9,21H,(H,19,20)(H,22,23);1H. The topological polar surface area (TPSA) is 69.3 Å². The zero-order valence-corrected chi connectivity index (χ0v) is 13.8. The summed E-state index contributed by atoms with van der Waals surface area (Å²) in [7, 11) is 0. The normalized spacial score (nSPS) is 10.6. The molecule has 24 heavy (non-hydrogen) atoms. The molecule has 0 radical (unpaired) electrons. The fourth-order valence-corrected chi connectivity index (χ4v) is 2.23. The molecule has 0 saturated heterocycles. The summed E-state index contributed by atoms with van der Waals surface area (Å²) in [6.07, 6.45) is 1.20. The minimum atomic E-state index is -0.440. The molecular formula is C16H13Cl2FN4O. The van der Waals surface area contributed by atoms with Gasteiger partial charge in [0.2, 0.25) is 0 Å². The molecule has 3 aromatic rings. The van der Waals surface area contributed by atoms with Crippen molar-refractivity contribution in [1.29, 1.82) is 0 Å². The first-order valence-electron chi connectivity index (χ1n) is 6.75. The van der Waals surface area contributed by atoms with Crippen molar-refractivity contribution < 1.29 is 9.18 Å². The number of aromatic amines is 1. The van der Waals surface area contributed by atoms with E-state index in [-0.39, 0.29) is 24.0 Å². The minimum Gasteiger partial charge on any atom is -0.350 e. The van der Waals surface area contributed by atoms with Crippen LogP contribution in [0.25, 0.3) is 10.9 Å². The highest BCUT2D eigenvalue weighted by Crippen LogP contribution is 2.20. The van der Waals surface area contributed by atoms with Crippen molar-refractivity contribution >= 4 is 52.8 Å². The molecule has 0 spiro atoms. The van der Waals surface area contributed by atoms with Gasteiger partial charge in [0.25, 0.3) is 5.91 Å². The van der Waals surface area contributed by atoms with E-state index in [4.69, 9.17) is 11.6 Å². The fourth-order valence-electron chi connectivity index (χ4n) is 2.05. The highest BCUT2D eigenvalue weighted by molar-refractivity contribution is 6.31. The van der Waals surface area contributed by atoms with Gasteiger partial charge in [0.05, 0.1) is 0 Å². The zero-order valence-electron chi connectivity index (χ0n) is 12.2. The molecule has 0 unspecified atom stereocenters. The number of nitrogens with one attached hydrogen (secondary N) is 3. The largest absolute Gasteiger partial charge is 0.350 e. The molecule has 0 aliphatic heterocycles. The van der Waals surface area contributed by atoms with Crippen molar-refractivity contribution in [2.75, 3.05) is 0 Å². The number of fused-ring (bicyclic) bond motifs is 1. The van der Waals surface area contributed by atoms with Crippen LogP contribution in [0.3, 0.4) is 0 Å². The lowest BCUT2D eigenvalue weighted by Crippen LogP contribution is -2.36. The van der Waals surface area contributed by atoms with Crippen molar-refractivity contribution in [2.24, 2.45) is 4.99 Å². The highest BCUT2D eigenvalue weighted by Gasteiger charge is 2.08. The van der Waals surface area contributed by atoms with Crippen LogP contribution in [0.4, 0.5) is 10.1 Å². The molecular weight excluding hydrogens is 354 g/mol. The molecule has 1 amide bonds. The van der Waals surface area contributed by atoms with Gasteiger partial charge in [-0.2, -0.15) is 0 Å². The number of aliphatic imine (C=N–C) groups is 1. The Kier molecular flexibility index (Phi) is 5.78. The van der Waals surface area contributed by atoms with Crippen LogP contribution in [-0.4, -0.2) is 17.2 Å². The molecule has 1 heterocycles. The van der Waals surface area contributed by atoms with Crippen LogP contribution in [0.5, 0.6) is 0 Å². The third-order valence-electron chi connectivity index (χ3n) is 3.13. The predicted octanol–water partition coefficient (Wildman–Crippen LogP) is 3.98. The Hall–Kier alpha value is -2.57. The van der Waals surface area contributed by atoms with Gasteiger partial charge in [-0.15, -0.1) is 12.4 Å². The Balaban J connectivity index is 0.00000208. The van der Waals surface area contributed by atoms with E-state index in [1.54, 1.807) is 36.4 Å². The Bertz CT molecular complexity index is 895. The maximum atomic E-state index is 13.3. The van der Waals surface area contributed by atoms with Crippen LogP contribution in [0.1, 0.15) is 10.5 Å². The highest BCUT2D eigenvalue weighted by atomic mass is 35.5. The molecule has 1 aromatic heterocycles. The fraction of sp³-hybridized carbons (Fsp3) is 0. The molecule has 0 atom stereocenters. The smallest absolute Gasteiger partial charge is 0.286 e. The molecule has 2 aromatic carbocycles. The maximum Gasteiger partial charge on any atom is 0.286 e. The van der Waals surface area contributed by atoms with Crippen LogP contribution >= 0.6 is 24.0 Å². The molecule has 0 aliphatic rings. The molecule has 0 bridgehead atoms. The number of hydrazine groups is 1. The number of para-hydroxylation sites is 1. The Morgan fingerprint density at radius 2 is 2.00 bits per heavy atom. The van der Waals surface area contributed by atoms with Crippen LogP contribution in [0, 0.1) is 5.82 Å². The first kappa shape index (κ1) is 17.8. The van der Waals surface area contributed by atoms with Crippen molar-refractivity contribution in [2.45, 2.75) is 0 Å². The van der Waals surface area contributed by atoms with E-state index in [0.717, 1.165) is 10.9 Å². The zero-order chi connectivity index (χ0) is 16.2. The second-order valence-corrected chi connectivity index (χ2v) is 5.16. The SMILES string of the molecule is Cl.O=C(NNC=Nc1ccccc1F)c1cc2cc(Cl)ccc2[nH]1. The molecule has 124 valence electrons. The van der Waals surface area contributed by atoms with E-state index in [0.29, 0.717) is 10.7 Å². The molecule has 5 nitrogen and oxygen atoms in total. The summed E-state index contributed by atoms with van der Waals surface area (Å²) in [5, 5.41) is 1.43. The van der Waals surface area contributed by atoms with E-state index in [1.807, 2.05) is 0 Å². The van der Waals surface area contributed by atoms with Crippen LogP contribution < -0.4 is 10.9 Å². The summed E-state index contributed by atoms with van der Waals surface area (Å²) in [4.78, 5) is 18.9. The maximum absolute atomic E-state index is 13.3. The van der Waals surface area contributed by atoms with E-state index in [1.165, 1.54) is 18.5 Å². The van der Waals surface area contributed by atoms with Crippen LogP contribution in [-0.2, 0) is 0 Å². The number of benzene rings is 2. The summed E-state index contributed by atoms with van der Waals surface area (Å²) in [5.41, 5.74) is 6.30. The number of carbonyl (C=O) groups is 1. The molecule has 8 heteroatoms. The van der Waals surface area contributed by atoms with Gasteiger partial charge in [-0.3, -0.25) is 15.6 Å². The van der Waals surface area contributed by atoms with Crippen molar-refractivity contribution in [3.05, 3.63) is 65.1 Å². The van der Waals surface area contributed by atoms with Gasteiger partial charge >= 0.3 is 0 Å². The second kappa shape index (κ2) is 7.81. The lowest BCUT2D eigenvalue weighted by molar-refractivity contribution is 0.0940.